The zero-order chi connectivity index (χ0) is 20.0. The Hall–Kier alpha value is -2.18. The molecular formula is C22H27ClN4O2. The number of nitrogens with zero attached hydrogens (tertiary/aromatic N) is 2. The van der Waals surface area contributed by atoms with E-state index in [1.807, 2.05) is 11.0 Å². The van der Waals surface area contributed by atoms with E-state index >= 15 is 0 Å². The molecule has 29 heavy (non-hydrogen) atoms. The predicted molar refractivity (Wildman–Crippen MR) is 115 cm³/mol. The number of benzene rings is 1. The van der Waals surface area contributed by atoms with Crippen LogP contribution in [0, 0.1) is 0 Å². The Morgan fingerprint density at radius 1 is 1.17 bits per heavy atom. The summed E-state index contributed by atoms with van der Waals surface area (Å²) >= 11 is 6.70. The Kier molecular flexibility index (Phi) is 4.71. The van der Waals surface area contributed by atoms with Gasteiger partial charge in [0.25, 0.3) is 0 Å². The number of piperazine rings is 1. The van der Waals surface area contributed by atoms with E-state index in [4.69, 9.17) is 16.0 Å². The minimum atomic E-state index is -0.163. The van der Waals surface area contributed by atoms with Gasteiger partial charge in [0, 0.05) is 37.1 Å². The molecule has 6 nitrogen and oxygen atoms in total. The van der Waals surface area contributed by atoms with Crippen LogP contribution in [-0.2, 0) is 16.9 Å². The molecule has 5 rings (SSSR count). The number of amides is 1. The van der Waals surface area contributed by atoms with Crippen molar-refractivity contribution in [2.45, 2.75) is 44.2 Å². The minimum absolute atomic E-state index is 0.163. The van der Waals surface area contributed by atoms with E-state index in [-0.39, 0.29) is 5.54 Å². The molecule has 1 aliphatic carbocycles. The van der Waals surface area contributed by atoms with Gasteiger partial charge in [-0.1, -0.05) is 37.4 Å². The quantitative estimate of drug-likeness (QED) is 0.743. The van der Waals surface area contributed by atoms with Gasteiger partial charge in [0.15, 0.2) is 0 Å². The van der Waals surface area contributed by atoms with Crippen molar-refractivity contribution in [1.29, 1.82) is 0 Å². The van der Waals surface area contributed by atoms with Gasteiger partial charge in [0.1, 0.15) is 11.3 Å². The van der Waals surface area contributed by atoms with E-state index in [2.05, 4.69) is 28.2 Å². The molecular weight excluding hydrogens is 388 g/mol. The Morgan fingerprint density at radius 2 is 1.93 bits per heavy atom. The van der Waals surface area contributed by atoms with Crippen LogP contribution in [0.25, 0.3) is 11.0 Å². The first-order valence-electron chi connectivity index (χ1n) is 10.5. The maximum absolute atomic E-state index is 10.9. The second-order valence-electron chi connectivity index (χ2n) is 8.53. The molecule has 7 heteroatoms. The molecule has 1 amide bonds. The molecule has 3 aliphatic rings. The van der Waals surface area contributed by atoms with Crippen molar-refractivity contribution in [1.82, 2.24) is 15.1 Å². The van der Waals surface area contributed by atoms with Crippen molar-refractivity contribution < 1.29 is 9.21 Å². The molecule has 1 saturated heterocycles. The lowest BCUT2D eigenvalue weighted by molar-refractivity contribution is -0.119. The maximum atomic E-state index is 10.9. The third-order valence-electron chi connectivity index (χ3n) is 6.60. The van der Waals surface area contributed by atoms with Crippen LogP contribution in [0.15, 0.2) is 28.9 Å². The van der Waals surface area contributed by atoms with Crippen molar-refractivity contribution >= 4 is 34.7 Å². The predicted octanol–water partition coefficient (Wildman–Crippen LogP) is 4.01. The summed E-state index contributed by atoms with van der Waals surface area (Å²) in [5.74, 6) is 1.75. The lowest BCUT2D eigenvalue weighted by Gasteiger charge is -2.44. The van der Waals surface area contributed by atoms with E-state index in [9.17, 15) is 4.79 Å². The highest BCUT2D eigenvalue weighted by atomic mass is 35.5. The van der Waals surface area contributed by atoms with E-state index < -0.39 is 0 Å². The first-order valence-corrected chi connectivity index (χ1v) is 10.9. The number of furan rings is 1. The maximum Gasteiger partial charge on any atom is 0.209 e. The van der Waals surface area contributed by atoms with Crippen molar-refractivity contribution in [2.24, 2.45) is 0 Å². The van der Waals surface area contributed by atoms with Gasteiger partial charge >= 0.3 is 0 Å². The molecule has 0 bridgehead atoms. The van der Waals surface area contributed by atoms with Crippen LogP contribution in [-0.4, -0.2) is 42.4 Å². The number of rotatable bonds is 3. The molecule has 1 saturated carbocycles. The van der Waals surface area contributed by atoms with Crippen LogP contribution < -0.4 is 10.6 Å². The van der Waals surface area contributed by atoms with Crippen LogP contribution in [0.1, 0.15) is 43.4 Å². The van der Waals surface area contributed by atoms with Gasteiger partial charge in [-0.3, -0.25) is 9.69 Å². The van der Waals surface area contributed by atoms with Gasteiger partial charge < -0.3 is 20.0 Å². The van der Waals surface area contributed by atoms with Crippen LogP contribution in [0.2, 0.25) is 5.02 Å². The molecule has 1 aromatic heterocycles. The molecule has 1 spiro atoms. The molecule has 2 N–H and O–H groups in total. The molecule has 154 valence electrons. The van der Waals surface area contributed by atoms with Gasteiger partial charge in [0.2, 0.25) is 6.41 Å². The highest BCUT2D eigenvalue weighted by Crippen LogP contribution is 2.49. The molecule has 0 atom stereocenters. The van der Waals surface area contributed by atoms with Crippen molar-refractivity contribution in [2.75, 3.05) is 31.5 Å². The number of hydrogen-bond acceptors (Lipinski definition) is 5. The SMILES string of the molecule is C=C1Nc2c(Cl)cc3cc(CN4CCN(C=O)CC4)oc3c2C2(CCCCC2)N1. The van der Waals surface area contributed by atoms with Crippen molar-refractivity contribution in [3.8, 4) is 0 Å². The number of carbonyl (C=O) groups is 1. The molecule has 0 radical (unpaired) electrons. The molecule has 2 aliphatic heterocycles. The highest BCUT2D eigenvalue weighted by molar-refractivity contribution is 6.34. The largest absolute Gasteiger partial charge is 0.459 e. The van der Waals surface area contributed by atoms with Gasteiger partial charge in [0.05, 0.1) is 28.6 Å². The van der Waals surface area contributed by atoms with E-state index in [1.165, 1.54) is 19.3 Å². The smallest absolute Gasteiger partial charge is 0.209 e. The second-order valence-corrected chi connectivity index (χ2v) is 8.94. The van der Waals surface area contributed by atoms with Gasteiger partial charge in [-0.15, -0.1) is 0 Å². The number of fused-ring (bicyclic) bond motifs is 4. The van der Waals surface area contributed by atoms with E-state index in [0.717, 1.165) is 85.8 Å². The van der Waals surface area contributed by atoms with Crippen LogP contribution in [0.5, 0.6) is 0 Å². The van der Waals surface area contributed by atoms with Gasteiger partial charge in [-0.05, 0) is 25.0 Å². The molecule has 3 heterocycles. The van der Waals surface area contributed by atoms with Gasteiger partial charge in [-0.2, -0.15) is 0 Å². The summed E-state index contributed by atoms with van der Waals surface area (Å²) in [6, 6.07) is 4.11. The van der Waals surface area contributed by atoms with Crippen molar-refractivity contribution in [3.05, 3.63) is 40.9 Å². The number of hydrogen-bond donors (Lipinski definition) is 2. The molecule has 1 aromatic carbocycles. The lowest BCUT2D eigenvalue weighted by atomic mass is 9.74. The van der Waals surface area contributed by atoms with Crippen LogP contribution in [0.3, 0.4) is 0 Å². The average Bonchev–Trinajstić information content (AvgIpc) is 3.10. The minimum Gasteiger partial charge on any atom is -0.459 e. The summed E-state index contributed by atoms with van der Waals surface area (Å²) in [5, 5.41) is 8.75. The first-order chi connectivity index (χ1) is 14.1. The Morgan fingerprint density at radius 3 is 2.66 bits per heavy atom. The molecule has 2 aromatic rings. The summed E-state index contributed by atoms with van der Waals surface area (Å²) in [5.41, 5.74) is 2.86. The summed E-state index contributed by atoms with van der Waals surface area (Å²) in [4.78, 5) is 15.1. The average molecular weight is 415 g/mol. The highest BCUT2D eigenvalue weighted by Gasteiger charge is 2.42. The third kappa shape index (κ3) is 3.28. The number of nitrogens with one attached hydrogen (secondary N) is 2. The van der Waals surface area contributed by atoms with E-state index in [0.29, 0.717) is 5.02 Å². The van der Waals surface area contributed by atoms with Crippen LogP contribution >= 0.6 is 11.6 Å². The summed E-state index contributed by atoms with van der Waals surface area (Å²) in [6.45, 7) is 8.14. The van der Waals surface area contributed by atoms with Crippen LogP contribution in [0.4, 0.5) is 5.69 Å². The van der Waals surface area contributed by atoms with Gasteiger partial charge in [-0.25, -0.2) is 0 Å². The van der Waals surface area contributed by atoms with E-state index in [1.54, 1.807) is 0 Å². The molecule has 0 unspecified atom stereocenters. The summed E-state index contributed by atoms with van der Waals surface area (Å²) in [7, 11) is 0. The standard InChI is InChI=1S/C22H27ClN4O2/c1-15-24-20-18(23)12-16-11-17(13-26-7-9-27(14-28)10-8-26)29-21(16)19(20)22(25-15)5-3-2-4-6-22/h11-12,14,24-25H,1-10,13H2. The fraction of sp³-hybridized carbons (Fsp3) is 0.500. The first kappa shape index (κ1) is 18.8. The normalized spacial score (nSPS) is 21.7. The summed E-state index contributed by atoms with van der Waals surface area (Å²) < 4.78 is 6.45. The summed E-state index contributed by atoms with van der Waals surface area (Å²) in [6.07, 6.45) is 6.67. The Labute approximate surface area is 175 Å². The zero-order valence-electron chi connectivity index (χ0n) is 16.6. The monoisotopic (exact) mass is 414 g/mol. The molecule has 2 fully saturated rings. The number of anilines is 1. The third-order valence-corrected chi connectivity index (χ3v) is 6.90. The number of carbonyl (C=O) groups excluding carboxylic acids is 1. The second kappa shape index (κ2) is 7.26. The zero-order valence-corrected chi connectivity index (χ0v) is 17.4. The fourth-order valence-corrected chi connectivity index (χ4v) is 5.43. The number of halogens is 1. The Balaban J connectivity index is 1.52. The van der Waals surface area contributed by atoms with Crippen molar-refractivity contribution in [3.63, 3.8) is 0 Å². The fourth-order valence-electron chi connectivity index (χ4n) is 5.17. The Bertz CT molecular complexity index is 955. The lowest BCUT2D eigenvalue weighted by Crippen LogP contribution is -2.48. The topological polar surface area (TPSA) is 60.8 Å².